The summed E-state index contributed by atoms with van der Waals surface area (Å²) in [6.45, 7) is 0.441. The maximum absolute atomic E-state index is 12.7. The van der Waals surface area contributed by atoms with Crippen molar-refractivity contribution in [3.63, 3.8) is 0 Å². The number of thioether (sulfide) groups is 1. The van der Waals surface area contributed by atoms with Crippen molar-refractivity contribution in [2.45, 2.75) is 6.54 Å². The molecule has 0 saturated carbocycles. The Morgan fingerprint density at radius 1 is 1.24 bits per heavy atom. The van der Waals surface area contributed by atoms with Crippen LogP contribution in [0.1, 0.15) is 11.1 Å². The molecule has 2 aromatic carbocycles. The molecule has 0 atom stereocenters. The number of benzene rings is 2. The van der Waals surface area contributed by atoms with Gasteiger partial charge in [-0.3, -0.25) is 9.69 Å². The van der Waals surface area contributed by atoms with Crippen LogP contribution in [0.4, 0.5) is 0 Å². The van der Waals surface area contributed by atoms with Gasteiger partial charge in [-0.2, -0.15) is 0 Å². The molecule has 0 radical (unpaired) electrons. The molecule has 0 N–H and O–H groups in total. The second-order valence-corrected chi connectivity index (χ2v) is 7.78. The third-order valence-electron chi connectivity index (χ3n) is 3.58. The smallest absolute Gasteiger partial charge is 0.266 e. The Labute approximate surface area is 165 Å². The van der Waals surface area contributed by atoms with Crippen molar-refractivity contribution in [1.29, 1.82) is 0 Å². The summed E-state index contributed by atoms with van der Waals surface area (Å²) in [5.41, 5.74) is 1.66. The maximum atomic E-state index is 12.7. The number of nitrogens with zero attached hydrogens (tertiary/aromatic N) is 1. The molecule has 1 amide bonds. The minimum absolute atomic E-state index is 0.142. The molecule has 3 nitrogen and oxygen atoms in total. The predicted octanol–water partition coefficient (Wildman–Crippen LogP) is 5.40. The number of thiocarbonyl (C=S) groups is 1. The van der Waals surface area contributed by atoms with E-state index >= 15 is 0 Å². The molecule has 0 spiro atoms. The summed E-state index contributed by atoms with van der Waals surface area (Å²) in [6, 6.07) is 13.0. The fourth-order valence-corrected chi connectivity index (χ4v) is 4.28. The monoisotopic (exact) mass is 409 g/mol. The van der Waals surface area contributed by atoms with Gasteiger partial charge in [0.15, 0.2) is 0 Å². The molecule has 128 valence electrons. The van der Waals surface area contributed by atoms with Gasteiger partial charge in [0.05, 0.1) is 23.6 Å². The van der Waals surface area contributed by atoms with Crippen LogP contribution in [0, 0.1) is 0 Å². The molecule has 0 aliphatic carbocycles. The summed E-state index contributed by atoms with van der Waals surface area (Å²) in [5, 5.41) is 0.859. The Morgan fingerprint density at radius 3 is 2.64 bits per heavy atom. The summed E-state index contributed by atoms with van der Waals surface area (Å²) in [7, 11) is 1.52. The average Bonchev–Trinajstić information content (AvgIpc) is 2.83. The number of halogens is 2. The van der Waals surface area contributed by atoms with Gasteiger partial charge >= 0.3 is 0 Å². The zero-order valence-electron chi connectivity index (χ0n) is 13.2. The van der Waals surface area contributed by atoms with Crippen LogP contribution in [0.3, 0.4) is 0 Å². The normalized spacial score (nSPS) is 16.0. The lowest BCUT2D eigenvalue weighted by molar-refractivity contribution is -0.122. The minimum Gasteiger partial charge on any atom is -0.495 e. The molecular weight excluding hydrogens is 397 g/mol. The van der Waals surface area contributed by atoms with E-state index in [9.17, 15) is 4.79 Å². The van der Waals surface area contributed by atoms with E-state index in [1.54, 1.807) is 23.1 Å². The van der Waals surface area contributed by atoms with Crippen LogP contribution in [-0.2, 0) is 11.3 Å². The Hall–Kier alpha value is -1.53. The van der Waals surface area contributed by atoms with Gasteiger partial charge in [-0.15, -0.1) is 0 Å². The van der Waals surface area contributed by atoms with Crippen LogP contribution in [0.2, 0.25) is 10.0 Å². The Balaban J connectivity index is 1.91. The van der Waals surface area contributed by atoms with Crippen molar-refractivity contribution in [3.05, 3.63) is 68.5 Å². The molecule has 1 saturated heterocycles. The number of ether oxygens (including phenoxy) is 1. The van der Waals surface area contributed by atoms with E-state index in [2.05, 4.69) is 0 Å². The molecular formula is C18H13Cl2NO2S2. The quantitative estimate of drug-likeness (QED) is 0.499. The van der Waals surface area contributed by atoms with E-state index in [4.69, 9.17) is 40.2 Å². The summed E-state index contributed by atoms with van der Waals surface area (Å²) >= 11 is 18.8. The first-order chi connectivity index (χ1) is 12.0. The fourth-order valence-electron chi connectivity index (χ4n) is 2.45. The topological polar surface area (TPSA) is 29.5 Å². The van der Waals surface area contributed by atoms with Gasteiger partial charge < -0.3 is 4.74 Å². The zero-order valence-corrected chi connectivity index (χ0v) is 16.3. The molecule has 1 fully saturated rings. The van der Waals surface area contributed by atoms with E-state index in [0.717, 1.165) is 5.56 Å². The van der Waals surface area contributed by atoms with E-state index in [0.29, 0.717) is 37.1 Å². The van der Waals surface area contributed by atoms with Gasteiger partial charge in [-0.1, -0.05) is 77.5 Å². The third-order valence-corrected chi connectivity index (χ3v) is 5.46. The number of amides is 1. The van der Waals surface area contributed by atoms with E-state index in [1.165, 1.54) is 18.9 Å². The molecule has 0 aromatic heterocycles. The van der Waals surface area contributed by atoms with Crippen LogP contribution in [-0.4, -0.2) is 22.2 Å². The summed E-state index contributed by atoms with van der Waals surface area (Å²) in [6.07, 6.45) is 1.71. The summed E-state index contributed by atoms with van der Waals surface area (Å²) in [5.74, 6) is 0.330. The largest absolute Gasteiger partial charge is 0.495 e. The molecule has 0 unspecified atom stereocenters. The average molecular weight is 410 g/mol. The number of hydrogen-bond acceptors (Lipinski definition) is 4. The number of rotatable bonds is 4. The van der Waals surface area contributed by atoms with E-state index in [-0.39, 0.29) is 5.91 Å². The van der Waals surface area contributed by atoms with E-state index < -0.39 is 0 Å². The number of carbonyl (C=O) groups excluding carboxylic acids is 1. The van der Waals surface area contributed by atoms with Crippen molar-refractivity contribution >= 4 is 63.5 Å². The van der Waals surface area contributed by atoms with Crippen LogP contribution in [0.15, 0.2) is 47.4 Å². The Kier molecular flexibility index (Phi) is 5.69. The van der Waals surface area contributed by atoms with Gasteiger partial charge in [0.25, 0.3) is 5.91 Å². The lowest BCUT2D eigenvalue weighted by Crippen LogP contribution is -2.27. The molecule has 1 aliphatic rings. The van der Waals surface area contributed by atoms with Gasteiger partial charge in [-0.05, 0) is 23.8 Å². The van der Waals surface area contributed by atoms with Gasteiger partial charge in [0.2, 0.25) is 0 Å². The minimum atomic E-state index is -0.142. The van der Waals surface area contributed by atoms with Crippen LogP contribution in [0.25, 0.3) is 6.08 Å². The number of hydrogen-bond donors (Lipinski definition) is 0. The third kappa shape index (κ3) is 4.01. The van der Waals surface area contributed by atoms with Gasteiger partial charge in [0, 0.05) is 10.6 Å². The maximum Gasteiger partial charge on any atom is 0.266 e. The second-order valence-electron chi connectivity index (χ2n) is 5.26. The number of methoxy groups -OCH3 is 1. The van der Waals surface area contributed by atoms with E-state index in [1.807, 2.05) is 30.3 Å². The highest BCUT2D eigenvalue weighted by Crippen LogP contribution is 2.38. The Morgan fingerprint density at radius 2 is 1.96 bits per heavy atom. The van der Waals surface area contributed by atoms with Crippen molar-refractivity contribution in [2.75, 3.05) is 7.11 Å². The van der Waals surface area contributed by atoms with Crippen LogP contribution in [0.5, 0.6) is 5.75 Å². The first-order valence-corrected chi connectivity index (χ1v) is 9.30. The van der Waals surface area contributed by atoms with Crippen LogP contribution >= 0.6 is 47.2 Å². The summed E-state index contributed by atoms with van der Waals surface area (Å²) in [4.78, 5) is 14.8. The lowest BCUT2D eigenvalue weighted by atomic mass is 10.1. The number of carbonyl (C=O) groups is 1. The summed E-state index contributed by atoms with van der Waals surface area (Å²) < 4.78 is 5.84. The molecule has 1 heterocycles. The zero-order chi connectivity index (χ0) is 18.0. The highest BCUT2D eigenvalue weighted by Gasteiger charge is 2.32. The standard InChI is InChI=1S/C18H13Cl2NO2S2/c1-23-16-12(7-13(19)9-14(16)20)8-15-17(22)21(18(24)25-15)10-11-5-3-2-4-6-11/h2-9H,10H2,1H3. The van der Waals surface area contributed by atoms with Crippen molar-refractivity contribution in [1.82, 2.24) is 4.90 Å². The molecule has 3 rings (SSSR count). The first kappa shape index (κ1) is 18.3. The molecule has 2 aromatic rings. The predicted molar refractivity (Wildman–Crippen MR) is 108 cm³/mol. The molecule has 7 heteroatoms. The van der Waals surface area contributed by atoms with Crippen molar-refractivity contribution in [2.24, 2.45) is 0 Å². The van der Waals surface area contributed by atoms with Crippen LogP contribution < -0.4 is 4.74 Å². The lowest BCUT2D eigenvalue weighted by Gasteiger charge is -2.14. The fraction of sp³-hybridized carbons (Fsp3) is 0.111. The van der Waals surface area contributed by atoms with Crippen molar-refractivity contribution < 1.29 is 9.53 Å². The SMILES string of the molecule is COc1c(Cl)cc(Cl)cc1C=C1SC(=S)N(Cc2ccccc2)C1=O. The second kappa shape index (κ2) is 7.79. The molecule has 1 aliphatic heterocycles. The van der Waals surface area contributed by atoms with Gasteiger partial charge in [0.1, 0.15) is 10.1 Å². The highest BCUT2D eigenvalue weighted by molar-refractivity contribution is 8.26. The van der Waals surface area contributed by atoms with Gasteiger partial charge in [-0.25, -0.2) is 0 Å². The molecule has 25 heavy (non-hydrogen) atoms. The highest BCUT2D eigenvalue weighted by atomic mass is 35.5. The Bertz CT molecular complexity index is 869. The van der Waals surface area contributed by atoms with Crippen molar-refractivity contribution in [3.8, 4) is 5.75 Å². The molecule has 0 bridgehead atoms. The first-order valence-electron chi connectivity index (χ1n) is 7.32.